The van der Waals surface area contributed by atoms with Crippen molar-refractivity contribution in [2.75, 3.05) is 0 Å². The molecule has 9 aromatic carbocycles. The van der Waals surface area contributed by atoms with E-state index in [1.807, 2.05) is 0 Å². The monoisotopic (exact) mass is 652 g/mol. The van der Waals surface area contributed by atoms with Gasteiger partial charge in [-0.1, -0.05) is 157 Å². The highest BCUT2D eigenvalue weighted by Crippen LogP contribution is 2.45. The van der Waals surface area contributed by atoms with Gasteiger partial charge in [0.05, 0.1) is 41.1 Å². The van der Waals surface area contributed by atoms with Gasteiger partial charge in [0.15, 0.2) is 0 Å². The zero-order valence-electron chi connectivity index (χ0n) is 54.4. The molecule has 0 N–H and O–H groups in total. The minimum Gasteiger partial charge on any atom is -0.456 e. The summed E-state index contributed by atoms with van der Waals surface area (Å²) in [5.41, 5.74) is -7.85. The van der Waals surface area contributed by atoms with E-state index in [4.69, 9.17) is 29.1 Å². The SMILES string of the molecule is [2H]c1c([2H])c([2H])c(-c2c([2H])c([2H])c([2H])c(-c3c4c([2H])c([2H])c([2H])c([2H])c4c(-c4c([2H])c([2H])c(-c5c([2H])c([2H])c([2H])c6oc7c([2H])c8c([2H])c([2H])c([2H])c([2H])c8c([2H])c7c56)c([2H])c4[2H])c4c([2H])c([2H])c([2H])c([2H])c34)c2[2H])c([2H])c1[2H]. The minimum atomic E-state index is -1.14. The van der Waals surface area contributed by atoms with Crippen molar-refractivity contribution in [3.63, 3.8) is 0 Å². The lowest BCUT2D eigenvalue weighted by Gasteiger charge is -2.18. The summed E-state index contributed by atoms with van der Waals surface area (Å²) in [6, 6.07) is -29.0. The fraction of sp³-hybridized carbons (Fsp3) is 0. The molecular weight excluding hydrogens is 593 g/mol. The Morgan fingerprint density at radius 3 is 1.55 bits per heavy atom. The van der Waals surface area contributed by atoms with Gasteiger partial charge in [0.25, 0.3) is 0 Å². The van der Waals surface area contributed by atoms with E-state index in [-0.39, 0.29) is 0 Å². The molecule has 0 saturated heterocycles. The second-order valence-electron chi connectivity index (χ2n) is 10.5. The average molecular weight is 653 g/mol. The Bertz CT molecular complexity index is 4460. The van der Waals surface area contributed by atoms with E-state index in [1.165, 1.54) is 0 Å². The fourth-order valence-corrected chi connectivity index (χ4v) is 5.76. The van der Waals surface area contributed by atoms with E-state index in [0.717, 1.165) is 0 Å². The van der Waals surface area contributed by atoms with Gasteiger partial charge in [-0.25, -0.2) is 0 Å². The lowest BCUT2D eigenvalue weighted by molar-refractivity contribution is 0.669. The minimum absolute atomic E-state index is 0.469. The molecule has 0 spiro atoms. The highest BCUT2D eigenvalue weighted by molar-refractivity contribution is 6.22. The van der Waals surface area contributed by atoms with E-state index in [2.05, 4.69) is 0 Å². The number of fused-ring (bicyclic) bond motifs is 6. The van der Waals surface area contributed by atoms with Crippen molar-refractivity contribution in [1.29, 1.82) is 0 Å². The summed E-state index contributed by atoms with van der Waals surface area (Å²) >= 11 is 0. The van der Waals surface area contributed by atoms with Crippen LogP contribution in [0.15, 0.2) is 186 Å². The Hall–Kier alpha value is -6.44. The maximum Gasteiger partial charge on any atom is 0.136 e. The van der Waals surface area contributed by atoms with Crippen LogP contribution in [-0.4, -0.2) is 0 Å². The lowest BCUT2D eigenvalue weighted by Crippen LogP contribution is -1.91. The molecule has 1 aromatic heterocycles. The first-order chi connectivity index (χ1) is 36.8. The predicted octanol–water partition coefficient (Wildman–Crippen LogP) is 13.7. The summed E-state index contributed by atoms with van der Waals surface area (Å²) in [5.74, 6) is 0. The average Bonchev–Trinajstić information content (AvgIpc) is 3.84. The van der Waals surface area contributed by atoms with Crippen LogP contribution in [0, 0.1) is 0 Å². The third kappa shape index (κ3) is 4.47. The first-order valence-electron chi connectivity index (χ1n) is 29.4. The number of hydrogen-bond donors (Lipinski definition) is 0. The molecule has 0 saturated carbocycles. The summed E-state index contributed by atoms with van der Waals surface area (Å²) < 4.78 is 276. The molecule has 0 aliphatic heterocycles. The van der Waals surface area contributed by atoms with Crippen molar-refractivity contribution in [3.05, 3.63) is 181 Å². The molecule has 1 nitrogen and oxygen atoms in total. The Balaban J connectivity index is 1.43. The Labute approximate surface area is 326 Å². The molecule has 0 amide bonds. The topological polar surface area (TPSA) is 13.1 Å². The van der Waals surface area contributed by atoms with Crippen LogP contribution in [0.3, 0.4) is 0 Å². The van der Waals surface area contributed by atoms with Crippen molar-refractivity contribution in [2.24, 2.45) is 0 Å². The zero-order chi connectivity index (χ0) is 58.4. The summed E-state index contributed by atoms with van der Waals surface area (Å²) in [6.45, 7) is 0. The molecule has 1 heteroatoms. The third-order valence-electron chi connectivity index (χ3n) is 7.82. The molecule has 228 valence electrons. The van der Waals surface area contributed by atoms with Crippen LogP contribution in [0.1, 0.15) is 41.1 Å². The largest absolute Gasteiger partial charge is 0.456 e. The Kier molecular flexibility index (Phi) is 2.50. The first kappa shape index (κ1) is 11.1. The van der Waals surface area contributed by atoms with Crippen LogP contribution in [0.25, 0.3) is 98.8 Å². The summed E-state index contributed by atoms with van der Waals surface area (Å²) in [6.07, 6.45) is 0. The molecular formula is C48H30O. The van der Waals surface area contributed by atoms with Crippen LogP contribution in [0.5, 0.6) is 0 Å². The number of furan rings is 1. The van der Waals surface area contributed by atoms with Gasteiger partial charge in [-0.05, 0) is 101 Å². The molecule has 0 aliphatic rings. The lowest BCUT2D eigenvalue weighted by atomic mass is 9.85. The van der Waals surface area contributed by atoms with Crippen LogP contribution in [0.2, 0.25) is 0 Å². The molecule has 0 unspecified atom stereocenters. The molecule has 0 radical (unpaired) electrons. The first-order valence-corrected chi connectivity index (χ1v) is 14.4. The van der Waals surface area contributed by atoms with Crippen molar-refractivity contribution in [1.82, 2.24) is 0 Å². The van der Waals surface area contributed by atoms with Gasteiger partial charge in [0, 0.05) is 10.8 Å². The predicted molar refractivity (Wildman–Crippen MR) is 208 cm³/mol. The molecule has 0 atom stereocenters. The van der Waals surface area contributed by atoms with E-state index in [1.54, 1.807) is 0 Å². The highest BCUT2D eigenvalue weighted by atomic mass is 16.3. The highest BCUT2D eigenvalue weighted by Gasteiger charge is 2.18. The van der Waals surface area contributed by atoms with Gasteiger partial charge in [-0.15, -0.1) is 0 Å². The van der Waals surface area contributed by atoms with Crippen molar-refractivity contribution in [3.8, 4) is 44.5 Å². The van der Waals surface area contributed by atoms with Crippen LogP contribution >= 0.6 is 0 Å². The number of rotatable bonds is 4. The van der Waals surface area contributed by atoms with Crippen LogP contribution < -0.4 is 0 Å². The van der Waals surface area contributed by atoms with Gasteiger partial charge in [0.1, 0.15) is 11.2 Å². The summed E-state index contributed by atoms with van der Waals surface area (Å²) in [7, 11) is 0. The van der Waals surface area contributed by atoms with Crippen molar-refractivity contribution in [2.45, 2.75) is 0 Å². The molecule has 1 heterocycles. The number of hydrogen-bond acceptors (Lipinski definition) is 1. The van der Waals surface area contributed by atoms with E-state index in [0.29, 0.717) is 0 Å². The molecule has 49 heavy (non-hydrogen) atoms. The van der Waals surface area contributed by atoms with E-state index < -0.39 is 280 Å². The summed E-state index contributed by atoms with van der Waals surface area (Å²) in [4.78, 5) is 0. The quantitative estimate of drug-likeness (QED) is 0.172. The van der Waals surface area contributed by atoms with Gasteiger partial charge in [-0.3, -0.25) is 0 Å². The number of benzene rings is 9. The fourth-order valence-electron chi connectivity index (χ4n) is 5.76. The summed E-state index contributed by atoms with van der Waals surface area (Å²) in [5, 5.41) is -5.22. The standard InChI is InChI=1S/C48H30O/c1-2-12-31(13-3-1)34-16-10-17-37(28-34)47-41-20-8-6-18-39(41)46(40-19-7-9-21-42(40)47)33-26-24-32(25-27-33)38-22-11-23-44-48(38)43-29-35-14-4-5-15-36(35)30-45(43)49-44/h1-30H/i1D,2D,3D,4D,5D,6D,7D,8D,9D,10D,11D,12D,13D,14D,15D,16D,17D,18D,19D,20D,21D,22D,23D,24D,25D,26D,27D,28D,29D,30D. The van der Waals surface area contributed by atoms with Gasteiger partial charge in [0.2, 0.25) is 0 Å². The van der Waals surface area contributed by atoms with Gasteiger partial charge < -0.3 is 4.42 Å². The van der Waals surface area contributed by atoms with Crippen LogP contribution in [0.4, 0.5) is 0 Å². The Morgan fingerprint density at radius 2 is 0.857 bits per heavy atom. The van der Waals surface area contributed by atoms with Gasteiger partial charge >= 0.3 is 0 Å². The van der Waals surface area contributed by atoms with E-state index in [9.17, 15) is 16.4 Å². The maximum atomic E-state index is 9.70. The van der Waals surface area contributed by atoms with Crippen molar-refractivity contribution >= 4 is 54.3 Å². The maximum absolute atomic E-state index is 9.70. The Morgan fingerprint density at radius 1 is 0.327 bits per heavy atom. The van der Waals surface area contributed by atoms with E-state index >= 15 is 0 Å². The second kappa shape index (κ2) is 11.1. The van der Waals surface area contributed by atoms with Gasteiger partial charge in [-0.2, -0.15) is 0 Å². The molecule has 10 aromatic rings. The smallest absolute Gasteiger partial charge is 0.136 e. The van der Waals surface area contributed by atoms with Crippen LogP contribution in [-0.2, 0) is 0 Å². The third-order valence-corrected chi connectivity index (χ3v) is 7.82. The molecule has 0 fully saturated rings. The molecule has 10 rings (SSSR count). The second-order valence-corrected chi connectivity index (χ2v) is 10.5. The normalized spacial score (nSPS) is 20.2. The van der Waals surface area contributed by atoms with Crippen molar-refractivity contribution < 1.29 is 45.5 Å². The molecule has 0 aliphatic carbocycles. The zero-order valence-corrected chi connectivity index (χ0v) is 24.4. The molecule has 0 bridgehead atoms.